The van der Waals surface area contributed by atoms with Gasteiger partial charge in [-0.2, -0.15) is 0 Å². The van der Waals surface area contributed by atoms with E-state index in [-0.39, 0.29) is 20.1 Å². The number of hydrogen-bond donors (Lipinski definition) is 1. The fraction of sp³-hybridized carbons (Fsp3) is 0.0833. The summed E-state index contributed by atoms with van der Waals surface area (Å²) in [5, 5.41) is 10.0. The van der Waals surface area contributed by atoms with Crippen molar-refractivity contribution in [3.63, 3.8) is 0 Å². The Kier molecular flexibility index (Phi) is 2.42. The monoisotopic (exact) mass is 291 g/mol. The predicted molar refractivity (Wildman–Crippen MR) is 67.3 cm³/mol. The van der Waals surface area contributed by atoms with Crippen LogP contribution in [0.5, 0.6) is 0 Å². The number of H-pyrrole nitrogens is 1. The van der Waals surface area contributed by atoms with Crippen molar-refractivity contribution in [2.45, 2.75) is 6.92 Å². The van der Waals surface area contributed by atoms with Gasteiger partial charge in [-0.15, -0.1) is 0 Å². The van der Waals surface area contributed by atoms with Crippen LogP contribution in [0.2, 0.25) is 0 Å². The van der Waals surface area contributed by atoms with Gasteiger partial charge in [0.25, 0.3) is 0 Å². The normalized spacial score (nSPS) is 10.9. The van der Waals surface area contributed by atoms with E-state index in [4.69, 9.17) is 0 Å². The topological polar surface area (TPSA) is 58.6 Å². The van der Waals surface area contributed by atoms with Crippen molar-refractivity contribution in [3.05, 3.63) is 46.2 Å². The predicted octanol–water partition coefficient (Wildman–Crippen LogP) is 1.35. The van der Waals surface area contributed by atoms with Gasteiger partial charge in [-0.1, -0.05) is 0 Å². The summed E-state index contributed by atoms with van der Waals surface area (Å²) in [6.07, 6.45) is 0. The van der Waals surface area contributed by atoms with E-state index in [0.717, 1.165) is 15.3 Å². The number of rotatable bonds is 1. The molecule has 0 aliphatic rings. The summed E-state index contributed by atoms with van der Waals surface area (Å²) in [7, 11) is 0. The van der Waals surface area contributed by atoms with Crippen molar-refractivity contribution in [3.8, 4) is 10.0 Å². The molecular weight excluding hydrogens is 281 g/mol. The van der Waals surface area contributed by atoms with E-state index in [1.807, 2.05) is 25.1 Å². The van der Waals surface area contributed by atoms with Crippen LogP contribution >= 0.6 is 0 Å². The summed E-state index contributed by atoms with van der Waals surface area (Å²) in [4.78, 5) is 11.7. The third-order valence-electron chi connectivity index (χ3n) is 2.66. The van der Waals surface area contributed by atoms with Crippen molar-refractivity contribution < 1.29 is 0 Å². The van der Waals surface area contributed by atoms with E-state index < -0.39 is 0 Å². The first-order valence-electron chi connectivity index (χ1n) is 5.17. The molecule has 2 aromatic heterocycles. The Labute approximate surface area is 103 Å². The average Bonchev–Trinajstić information content (AvgIpc) is 2.70. The molecule has 0 aliphatic heterocycles. The van der Waals surface area contributed by atoms with Gasteiger partial charge < -0.3 is 0 Å². The summed E-state index contributed by atoms with van der Waals surface area (Å²) in [6, 6.07) is 10.1. The van der Waals surface area contributed by atoms with Crippen LogP contribution in [-0.2, 0) is 0 Å². The third-order valence-corrected chi connectivity index (χ3v) is 5.45. The number of aromatic amines is 1. The van der Waals surface area contributed by atoms with Crippen LogP contribution in [0, 0.1) is 6.92 Å². The van der Waals surface area contributed by atoms with E-state index in [9.17, 15) is 4.79 Å². The first-order chi connectivity index (χ1) is 8.27. The van der Waals surface area contributed by atoms with Crippen LogP contribution in [-0.4, -0.2) is 29.9 Å². The SMILES string of the molecule is Cc1c(-c2ccccc2)[se]c2c(=O)[nH]nnc12. The molecule has 5 heteroatoms. The van der Waals surface area contributed by atoms with Crippen molar-refractivity contribution in [1.29, 1.82) is 0 Å². The molecule has 0 fully saturated rings. The zero-order chi connectivity index (χ0) is 11.8. The zero-order valence-electron chi connectivity index (χ0n) is 9.10. The van der Waals surface area contributed by atoms with Crippen molar-refractivity contribution in [2.75, 3.05) is 0 Å². The molecule has 1 aromatic carbocycles. The number of aryl methyl sites for hydroxylation is 1. The standard InChI is InChI=1S/C12H9N3OSe/c1-7-9-11(12(16)14-15-13-9)17-10(7)8-5-3-2-4-6-8/h2-6H,1H3,(H,13,14,16). The second kappa shape index (κ2) is 3.95. The quantitative estimate of drug-likeness (QED) is 0.688. The molecule has 1 N–H and O–H groups in total. The number of nitrogens with zero attached hydrogens (tertiary/aromatic N) is 2. The maximum absolute atomic E-state index is 11.7. The van der Waals surface area contributed by atoms with Crippen LogP contribution in [0.15, 0.2) is 35.1 Å². The fourth-order valence-electron chi connectivity index (χ4n) is 1.82. The van der Waals surface area contributed by atoms with E-state index in [1.165, 1.54) is 10.0 Å². The summed E-state index contributed by atoms with van der Waals surface area (Å²) < 4.78 is 2.00. The van der Waals surface area contributed by atoms with E-state index >= 15 is 0 Å². The van der Waals surface area contributed by atoms with Gasteiger partial charge >= 0.3 is 103 Å². The van der Waals surface area contributed by atoms with Crippen LogP contribution < -0.4 is 5.56 Å². The molecule has 3 aromatic rings. The van der Waals surface area contributed by atoms with Crippen LogP contribution in [0.1, 0.15) is 5.56 Å². The van der Waals surface area contributed by atoms with E-state index in [2.05, 4.69) is 27.5 Å². The number of benzene rings is 1. The molecule has 4 nitrogen and oxygen atoms in total. The van der Waals surface area contributed by atoms with E-state index in [1.54, 1.807) is 0 Å². The van der Waals surface area contributed by atoms with Gasteiger partial charge in [-0.3, -0.25) is 0 Å². The third kappa shape index (κ3) is 1.64. The number of nitrogens with one attached hydrogen (secondary N) is 1. The molecule has 0 unspecified atom stereocenters. The Morgan fingerprint density at radius 1 is 1.24 bits per heavy atom. The van der Waals surface area contributed by atoms with Crippen LogP contribution in [0.25, 0.3) is 19.8 Å². The van der Waals surface area contributed by atoms with Crippen molar-refractivity contribution >= 4 is 24.3 Å². The van der Waals surface area contributed by atoms with Gasteiger partial charge in [0.15, 0.2) is 0 Å². The zero-order valence-corrected chi connectivity index (χ0v) is 10.8. The van der Waals surface area contributed by atoms with Gasteiger partial charge in [0.2, 0.25) is 0 Å². The van der Waals surface area contributed by atoms with Crippen LogP contribution in [0.4, 0.5) is 0 Å². The Morgan fingerprint density at radius 2 is 2.00 bits per heavy atom. The molecule has 2 heterocycles. The second-order valence-corrected chi connectivity index (χ2v) is 5.88. The minimum atomic E-state index is -0.111. The number of hydrogen-bond acceptors (Lipinski definition) is 3. The molecule has 84 valence electrons. The molecule has 0 spiro atoms. The van der Waals surface area contributed by atoms with E-state index in [0.29, 0.717) is 0 Å². The molecule has 3 rings (SSSR count). The minimum absolute atomic E-state index is 0.0181. The fourth-order valence-corrected chi connectivity index (χ4v) is 4.20. The number of aromatic nitrogens is 3. The van der Waals surface area contributed by atoms with Gasteiger partial charge in [0.05, 0.1) is 0 Å². The summed E-state index contributed by atoms with van der Waals surface area (Å²) >= 11 is 0.0181. The van der Waals surface area contributed by atoms with Crippen molar-refractivity contribution in [1.82, 2.24) is 15.4 Å². The molecule has 0 amide bonds. The Balaban J connectivity index is 2.36. The van der Waals surface area contributed by atoms with Gasteiger partial charge in [-0.25, -0.2) is 0 Å². The molecular formula is C12H9N3OSe. The van der Waals surface area contributed by atoms with Gasteiger partial charge in [0.1, 0.15) is 0 Å². The first-order valence-corrected chi connectivity index (χ1v) is 6.88. The Morgan fingerprint density at radius 3 is 2.71 bits per heavy atom. The maximum atomic E-state index is 11.7. The molecule has 0 atom stereocenters. The van der Waals surface area contributed by atoms with Gasteiger partial charge in [0, 0.05) is 0 Å². The molecule has 17 heavy (non-hydrogen) atoms. The average molecular weight is 290 g/mol. The molecule has 0 radical (unpaired) electrons. The van der Waals surface area contributed by atoms with Gasteiger partial charge in [-0.05, 0) is 0 Å². The Hall–Kier alpha value is -1.71. The molecule has 0 saturated heterocycles. The Bertz CT molecular complexity index is 730. The molecule has 0 aliphatic carbocycles. The number of fused-ring (bicyclic) bond motifs is 1. The molecule has 0 bridgehead atoms. The molecule has 0 saturated carbocycles. The van der Waals surface area contributed by atoms with Crippen LogP contribution in [0.3, 0.4) is 0 Å². The van der Waals surface area contributed by atoms with Crippen molar-refractivity contribution in [2.24, 2.45) is 0 Å². The summed E-state index contributed by atoms with van der Waals surface area (Å²) in [6.45, 7) is 2.00. The summed E-state index contributed by atoms with van der Waals surface area (Å²) in [5.41, 5.74) is 2.89. The second-order valence-electron chi connectivity index (χ2n) is 3.74. The first kappa shape index (κ1) is 10.4. The summed E-state index contributed by atoms with van der Waals surface area (Å²) in [5.74, 6) is 0.